The molecule has 0 radical (unpaired) electrons. The molecule has 0 fully saturated rings. The molecule has 0 spiro atoms. The molecule has 0 aliphatic carbocycles. The first-order chi connectivity index (χ1) is 15.9. The Labute approximate surface area is 192 Å². The van der Waals surface area contributed by atoms with E-state index in [1.165, 1.54) is 43.8 Å². The number of hydrogen-bond donors (Lipinski definition) is 0. The van der Waals surface area contributed by atoms with Crippen LogP contribution < -0.4 is 23.3 Å². The van der Waals surface area contributed by atoms with Crippen molar-refractivity contribution in [2.75, 3.05) is 32.2 Å². The number of methoxy groups -OCH3 is 3. The van der Waals surface area contributed by atoms with Crippen molar-refractivity contribution < 1.29 is 32.2 Å². The number of fused-ring (bicyclic) bond motifs is 1. The van der Waals surface area contributed by atoms with Crippen molar-refractivity contribution in [3.63, 3.8) is 0 Å². The van der Waals surface area contributed by atoms with Crippen LogP contribution in [0.2, 0.25) is 0 Å². The topological polar surface area (TPSA) is 91.4 Å². The minimum absolute atomic E-state index is 0.0426. The summed E-state index contributed by atoms with van der Waals surface area (Å²) >= 11 is 0. The zero-order valence-corrected chi connectivity index (χ0v) is 19.2. The Kier molecular flexibility index (Phi) is 6.15. The molecule has 172 valence electrons. The lowest BCUT2D eigenvalue weighted by molar-refractivity contribution is 0.0720. The first-order valence-electron chi connectivity index (χ1n) is 10.1. The Hall–Kier alpha value is -3.72. The van der Waals surface area contributed by atoms with Crippen LogP contribution in [0.5, 0.6) is 23.0 Å². The van der Waals surface area contributed by atoms with Crippen LogP contribution in [-0.2, 0) is 16.4 Å². The number of esters is 1. The van der Waals surface area contributed by atoms with Gasteiger partial charge in [-0.15, -0.1) is 0 Å². The van der Waals surface area contributed by atoms with E-state index in [1.807, 2.05) is 12.1 Å². The zero-order valence-electron chi connectivity index (χ0n) is 18.4. The maximum atomic E-state index is 13.4. The number of hydrogen-bond acceptors (Lipinski definition) is 7. The quantitative estimate of drug-likeness (QED) is 0.385. The van der Waals surface area contributed by atoms with Gasteiger partial charge in [-0.2, -0.15) is 0 Å². The summed E-state index contributed by atoms with van der Waals surface area (Å²) in [5.74, 6) is 0.0256. The van der Waals surface area contributed by atoms with Gasteiger partial charge in [0.15, 0.2) is 11.5 Å². The SMILES string of the molecule is COc1ccc(S(=O)(=O)N2CCc3ccccc32)cc1C(=O)Oc1c(OC)cccc1OC. The van der Waals surface area contributed by atoms with Gasteiger partial charge in [-0.25, -0.2) is 13.2 Å². The molecule has 33 heavy (non-hydrogen) atoms. The van der Waals surface area contributed by atoms with Crippen molar-refractivity contribution >= 4 is 21.7 Å². The predicted molar refractivity (Wildman–Crippen MR) is 122 cm³/mol. The first kappa shape index (κ1) is 22.5. The van der Waals surface area contributed by atoms with Gasteiger partial charge < -0.3 is 18.9 Å². The van der Waals surface area contributed by atoms with Crippen molar-refractivity contribution in [2.45, 2.75) is 11.3 Å². The zero-order chi connectivity index (χ0) is 23.6. The molecule has 0 N–H and O–H groups in total. The van der Waals surface area contributed by atoms with Gasteiger partial charge in [0.25, 0.3) is 10.0 Å². The van der Waals surface area contributed by atoms with Crippen LogP contribution >= 0.6 is 0 Å². The van der Waals surface area contributed by atoms with E-state index >= 15 is 0 Å². The highest BCUT2D eigenvalue weighted by Crippen LogP contribution is 2.38. The summed E-state index contributed by atoms with van der Waals surface area (Å²) in [4.78, 5) is 13.1. The minimum Gasteiger partial charge on any atom is -0.496 e. The third kappa shape index (κ3) is 4.07. The molecule has 1 heterocycles. The third-order valence-corrected chi connectivity index (χ3v) is 7.21. The molecular formula is C24H23NO7S. The molecule has 0 atom stereocenters. The highest BCUT2D eigenvalue weighted by molar-refractivity contribution is 7.92. The molecule has 4 rings (SSSR count). The highest BCUT2D eigenvalue weighted by atomic mass is 32.2. The summed E-state index contributed by atoms with van der Waals surface area (Å²) < 4.78 is 49.6. The fourth-order valence-corrected chi connectivity index (χ4v) is 5.29. The van der Waals surface area contributed by atoms with Gasteiger partial charge in [0.2, 0.25) is 5.75 Å². The lowest BCUT2D eigenvalue weighted by Gasteiger charge is -2.20. The monoisotopic (exact) mass is 469 g/mol. The highest BCUT2D eigenvalue weighted by Gasteiger charge is 2.32. The molecule has 3 aromatic carbocycles. The van der Waals surface area contributed by atoms with E-state index in [9.17, 15) is 13.2 Å². The van der Waals surface area contributed by atoms with Crippen LogP contribution in [0.1, 0.15) is 15.9 Å². The van der Waals surface area contributed by atoms with Gasteiger partial charge >= 0.3 is 5.97 Å². The molecule has 0 bridgehead atoms. The number of nitrogens with zero attached hydrogens (tertiary/aromatic N) is 1. The van der Waals surface area contributed by atoms with E-state index < -0.39 is 16.0 Å². The van der Waals surface area contributed by atoms with E-state index in [4.69, 9.17) is 18.9 Å². The molecule has 9 heteroatoms. The molecule has 0 aromatic heterocycles. The van der Waals surface area contributed by atoms with Gasteiger partial charge in [0.1, 0.15) is 11.3 Å². The predicted octanol–water partition coefficient (Wildman–Crippen LogP) is 3.68. The Morgan fingerprint density at radius 1 is 0.848 bits per heavy atom. The third-order valence-electron chi connectivity index (χ3n) is 5.40. The summed E-state index contributed by atoms with van der Waals surface area (Å²) in [6.07, 6.45) is 0.619. The number of benzene rings is 3. The molecular weight excluding hydrogens is 446 g/mol. The Bertz CT molecular complexity index is 1280. The molecule has 8 nitrogen and oxygen atoms in total. The fourth-order valence-electron chi connectivity index (χ4n) is 3.76. The number of carbonyl (C=O) groups excluding carboxylic acids is 1. The molecule has 1 aliphatic heterocycles. The Morgan fingerprint density at radius 3 is 2.18 bits per heavy atom. The number of carbonyl (C=O) groups is 1. The number of anilines is 1. The van der Waals surface area contributed by atoms with Gasteiger partial charge in [0, 0.05) is 6.54 Å². The van der Waals surface area contributed by atoms with E-state index in [-0.39, 0.29) is 22.0 Å². The maximum absolute atomic E-state index is 13.4. The summed E-state index contributed by atoms with van der Waals surface area (Å²) in [7, 11) is 0.355. The molecule has 3 aromatic rings. The van der Waals surface area contributed by atoms with Crippen molar-refractivity contribution in [1.82, 2.24) is 0 Å². The van der Waals surface area contributed by atoms with Crippen molar-refractivity contribution in [2.24, 2.45) is 0 Å². The van der Waals surface area contributed by atoms with Crippen LogP contribution in [-0.4, -0.2) is 42.3 Å². The van der Waals surface area contributed by atoms with Crippen molar-refractivity contribution in [3.05, 3.63) is 71.8 Å². The summed E-state index contributed by atoms with van der Waals surface area (Å²) in [6, 6.07) is 16.4. The number of sulfonamides is 1. The second-order valence-electron chi connectivity index (χ2n) is 7.20. The van der Waals surface area contributed by atoms with Crippen molar-refractivity contribution in [3.8, 4) is 23.0 Å². The molecule has 0 saturated heterocycles. The maximum Gasteiger partial charge on any atom is 0.347 e. The van der Waals surface area contributed by atoms with Crippen LogP contribution in [0, 0.1) is 0 Å². The summed E-state index contributed by atoms with van der Waals surface area (Å²) in [5.41, 5.74) is 1.55. The van der Waals surface area contributed by atoms with Crippen LogP contribution in [0.15, 0.2) is 65.6 Å². The van der Waals surface area contributed by atoms with Crippen LogP contribution in [0.25, 0.3) is 0 Å². The largest absolute Gasteiger partial charge is 0.496 e. The second-order valence-corrected chi connectivity index (χ2v) is 9.06. The lowest BCUT2D eigenvalue weighted by Crippen LogP contribution is -2.29. The first-order valence-corrected chi connectivity index (χ1v) is 11.6. The number of para-hydroxylation sites is 2. The van der Waals surface area contributed by atoms with Gasteiger partial charge in [-0.05, 0) is 48.4 Å². The van der Waals surface area contributed by atoms with Gasteiger partial charge in [-0.1, -0.05) is 24.3 Å². The second kappa shape index (κ2) is 9.03. The van der Waals surface area contributed by atoms with E-state index in [1.54, 1.807) is 30.3 Å². The van der Waals surface area contributed by atoms with Crippen LogP contribution in [0.3, 0.4) is 0 Å². The normalized spacial score (nSPS) is 12.8. The van der Waals surface area contributed by atoms with Crippen molar-refractivity contribution in [1.29, 1.82) is 0 Å². The smallest absolute Gasteiger partial charge is 0.347 e. The number of ether oxygens (including phenoxy) is 4. The van der Waals surface area contributed by atoms with Crippen LogP contribution in [0.4, 0.5) is 5.69 Å². The fraction of sp³-hybridized carbons (Fsp3) is 0.208. The Balaban J connectivity index is 1.72. The summed E-state index contributed by atoms with van der Waals surface area (Å²) in [5, 5.41) is 0. The molecule has 0 unspecified atom stereocenters. The molecule has 1 aliphatic rings. The van der Waals surface area contributed by atoms with E-state index in [2.05, 4.69) is 0 Å². The standard InChI is InChI=1S/C24H23NO7S/c1-29-20-12-11-17(33(27,28)25-14-13-16-7-4-5-8-19(16)25)15-18(20)24(26)32-23-21(30-2)9-6-10-22(23)31-3/h4-12,15H,13-14H2,1-3H3. The van der Waals surface area contributed by atoms with E-state index in [0.29, 0.717) is 30.2 Å². The Morgan fingerprint density at radius 2 is 1.52 bits per heavy atom. The average Bonchev–Trinajstić information content (AvgIpc) is 3.28. The molecule has 0 saturated carbocycles. The average molecular weight is 470 g/mol. The lowest BCUT2D eigenvalue weighted by atomic mass is 10.2. The summed E-state index contributed by atoms with van der Waals surface area (Å²) in [6.45, 7) is 0.325. The molecule has 0 amide bonds. The van der Waals surface area contributed by atoms with E-state index in [0.717, 1.165) is 5.56 Å². The van der Waals surface area contributed by atoms with Gasteiger partial charge in [-0.3, -0.25) is 4.31 Å². The minimum atomic E-state index is -3.91. The van der Waals surface area contributed by atoms with Gasteiger partial charge in [0.05, 0.1) is 31.9 Å². The number of rotatable bonds is 7.